The number of carbonyl (C=O) groups is 1. The molecule has 0 unspecified atom stereocenters. The smallest absolute Gasteiger partial charge is 0.196 e. The molecule has 0 radical (unpaired) electrons. The van der Waals surface area contributed by atoms with E-state index in [2.05, 4.69) is 15.1 Å². The van der Waals surface area contributed by atoms with Crippen LogP contribution in [0.2, 0.25) is 0 Å². The first-order chi connectivity index (χ1) is 16.0. The van der Waals surface area contributed by atoms with Crippen LogP contribution in [0.5, 0.6) is 5.75 Å². The summed E-state index contributed by atoms with van der Waals surface area (Å²) in [5, 5.41) is 9.70. The molecule has 3 aromatic rings. The molecule has 1 aliphatic heterocycles. The number of piperidine rings is 1. The van der Waals surface area contributed by atoms with Crippen molar-refractivity contribution in [2.24, 2.45) is 0 Å². The number of thioether (sulfide) groups is 1. The fourth-order valence-corrected chi connectivity index (χ4v) is 4.96. The molecule has 33 heavy (non-hydrogen) atoms. The number of aromatic nitrogens is 3. The Morgan fingerprint density at radius 3 is 2.55 bits per heavy atom. The maximum absolute atomic E-state index is 13.6. The molecule has 2 heterocycles. The van der Waals surface area contributed by atoms with Gasteiger partial charge in [-0.25, -0.2) is 4.39 Å². The maximum atomic E-state index is 13.6. The van der Waals surface area contributed by atoms with E-state index in [9.17, 15) is 9.18 Å². The number of rotatable bonds is 9. The summed E-state index contributed by atoms with van der Waals surface area (Å²) in [6, 6.07) is 11.9. The molecule has 1 aliphatic rings. The fraction of sp³-hybridized carbons (Fsp3) is 0.400. The van der Waals surface area contributed by atoms with Crippen molar-refractivity contribution in [3.8, 4) is 11.4 Å². The van der Waals surface area contributed by atoms with Crippen molar-refractivity contribution in [3.05, 3.63) is 65.2 Å². The molecule has 4 rings (SSSR count). The van der Waals surface area contributed by atoms with Gasteiger partial charge in [0.2, 0.25) is 0 Å². The fourth-order valence-electron chi connectivity index (χ4n) is 4.01. The minimum absolute atomic E-state index is 0.0163. The van der Waals surface area contributed by atoms with Crippen LogP contribution in [0.4, 0.5) is 4.39 Å². The van der Waals surface area contributed by atoms with Gasteiger partial charge in [-0.1, -0.05) is 18.2 Å². The van der Waals surface area contributed by atoms with Gasteiger partial charge in [0.05, 0.1) is 13.2 Å². The van der Waals surface area contributed by atoms with Gasteiger partial charge < -0.3 is 4.74 Å². The van der Waals surface area contributed by atoms with E-state index in [0.29, 0.717) is 24.5 Å². The van der Waals surface area contributed by atoms with Crippen LogP contribution >= 0.6 is 11.8 Å². The molecule has 2 aromatic carbocycles. The minimum Gasteiger partial charge on any atom is -0.494 e. The molecule has 0 atom stereocenters. The average molecular weight is 469 g/mol. The predicted molar refractivity (Wildman–Crippen MR) is 128 cm³/mol. The van der Waals surface area contributed by atoms with E-state index in [0.717, 1.165) is 41.1 Å². The van der Waals surface area contributed by atoms with Gasteiger partial charge in [-0.05, 0) is 82.2 Å². The SMILES string of the molecule is CCOc1ccc(C(C)=O)cc1CSc1nnc(CN2CCCCC2)n1-c1ccc(F)cc1. The normalized spacial score (nSPS) is 14.4. The molecule has 0 N–H and O–H groups in total. The summed E-state index contributed by atoms with van der Waals surface area (Å²) in [5.41, 5.74) is 2.42. The van der Waals surface area contributed by atoms with Crippen molar-refractivity contribution >= 4 is 17.5 Å². The van der Waals surface area contributed by atoms with Gasteiger partial charge in [-0.3, -0.25) is 14.3 Å². The Morgan fingerprint density at radius 1 is 1.09 bits per heavy atom. The van der Waals surface area contributed by atoms with E-state index in [1.54, 1.807) is 25.1 Å². The average Bonchev–Trinajstić information content (AvgIpc) is 3.22. The number of hydrogen-bond acceptors (Lipinski definition) is 6. The minimum atomic E-state index is -0.277. The Bertz CT molecular complexity index is 1090. The highest BCUT2D eigenvalue weighted by molar-refractivity contribution is 7.98. The van der Waals surface area contributed by atoms with E-state index in [-0.39, 0.29) is 11.6 Å². The number of ether oxygens (including phenoxy) is 1. The number of carbonyl (C=O) groups excluding carboxylic acids is 1. The quantitative estimate of drug-likeness (QED) is 0.314. The van der Waals surface area contributed by atoms with Crippen LogP contribution in [0.15, 0.2) is 47.6 Å². The molecule has 1 saturated heterocycles. The Morgan fingerprint density at radius 2 is 1.85 bits per heavy atom. The molecule has 0 saturated carbocycles. The van der Waals surface area contributed by atoms with E-state index in [4.69, 9.17) is 4.74 Å². The zero-order valence-electron chi connectivity index (χ0n) is 19.1. The number of nitrogens with zero attached hydrogens (tertiary/aromatic N) is 4. The number of Topliss-reactive ketones (excluding diaryl/α,β-unsaturated/α-hetero) is 1. The molecular formula is C25H29FN4O2S. The van der Waals surface area contributed by atoms with Crippen LogP contribution in [-0.2, 0) is 12.3 Å². The lowest BCUT2D eigenvalue weighted by molar-refractivity contribution is 0.101. The van der Waals surface area contributed by atoms with Gasteiger partial charge in [-0.2, -0.15) is 0 Å². The van der Waals surface area contributed by atoms with E-state index in [1.165, 1.54) is 43.2 Å². The second kappa shape index (κ2) is 10.9. The molecular weight excluding hydrogens is 439 g/mol. The van der Waals surface area contributed by atoms with Crippen LogP contribution in [-0.4, -0.2) is 45.1 Å². The van der Waals surface area contributed by atoms with Gasteiger partial charge in [0.1, 0.15) is 11.6 Å². The van der Waals surface area contributed by atoms with Crippen molar-refractivity contribution in [3.63, 3.8) is 0 Å². The van der Waals surface area contributed by atoms with Crippen LogP contribution < -0.4 is 4.74 Å². The summed E-state index contributed by atoms with van der Waals surface area (Å²) in [7, 11) is 0. The lowest BCUT2D eigenvalue weighted by Gasteiger charge is -2.26. The first-order valence-corrected chi connectivity index (χ1v) is 12.4. The second-order valence-electron chi connectivity index (χ2n) is 8.15. The number of halogens is 1. The summed E-state index contributed by atoms with van der Waals surface area (Å²) in [6.07, 6.45) is 3.65. The third-order valence-corrected chi connectivity index (χ3v) is 6.70. The Labute approximate surface area is 198 Å². The second-order valence-corrected chi connectivity index (χ2v) is 9.09. The zero-order valence-corrected chi connectivity index (χ0v) is 19.9. The highest BCUT2D eigenvalue weighted by Crippen LogP contribution is 2.31. The van der Waals surface area contributed by atoms with Crippen LogP contribution in [0, 0.1) is 5.82 Å². The number of benzene rings is 2. The Kier molecular flexibility index (Phi) is 7.77. The molecule has 174 valence electrons. The molecule has 0 aliphatic carbocycles. The lowest BCUT2D eigenvalue weighted by atomic mass is 10.1. The molecule has 0 bridgehead atoms. The third-order valence-electron chi connectivity index (χ3n) is 5.72. The van der Waals surface area contributed by atoms with E-state index < -0.39 is 0 Å². The summed E-state index contributed by atoms with van der Waals surface area (Å²) in [5.74, 6) is 1.91. The summed E-state index contributed by atoms with van der Waals surface area (Å²) < 4.78 is 21.4. The Hall–Kier alpha value is -2.71. The number of hydrogen-bond donors (Lipinski definition) is 0. The first-order valence-electron chi connectivity index (χ1n) is 11.4. The maximum Gasteiger partial charge on any atom is 0.196 e. The molecule has 1 aromatic heterocycles. The summed E-state index contributed by atoms with van der Waals surface area (Å²) in [4.78, 5) is 14.3. The van der Waals surface area contributed by atoms with Crippen molar-refractivity contribution in [1.29, 1.82) is 0 Å². The standard InChI is InChI=1S/C25H29FN4O2S/c1-3-32-23-12-7-19(18(2)31)15-20(23)17-33-25-28-27-24(16-29-13-5-4-6-14-29)30(25)22-10-8-21(26)9-11-22/h7-12,15H,3-6,13-14,16-17H2,1-2H3. The number of likely N-dealkylation sites (tertiary alicyclic amines) is 1. The summed E-state index contributed by atoms with van der Waals surface area (Å²) >= 11 is 1.53. The molecule has 0 amide bonds. The Balaban J connectivity index is 1.63. The van der Waals surface area contributed by atoms with Crippen molar-refractivity contribution in [2.45, 2.75) is 50.6 Å². The monoisotopic (exact) mass is 468 g/mol. The van der Waals surface area contributed by atoms with Gasteiger partial charge in [0, 0.05) is 22.6 Å². The highest BCUT2D eigenvalue weighted by atomic mass is 32.2. The summed E-state index contributed by atoms with van der Waals surface area (Å²) in [6.45, 7) is 6.85. The van der Waals surface area contributed by atoms with Gasteiger partial charge in [-0.15, -0.1) is 10.2 Å². The van der Waals surface area contributed by atoms with Gasteiger partial charge in [0.15, 0.2) is 16.8 Å². The molecule has 6 nitrogen and oxygen atoms in total. The van der Waals surface area contributed by atoms with Crippen LogP contribution in [0.25, 0.3) is 5.69 Å². The van der Waals surface area contributed by atoms with Gasteiger partial charge in [0.25, 0.3) is 0 Å². The number of ketones is 1. The van der Waals surface area contributed by atoms with Crippen molar-refractivity contribution < 1.29 is 13.9 Å². The largest absolute Gasteiger partial charge is 0.494 e. The molecule has 0 spiro atoms. The topological polar surface area (TPSA) is 60.2 Å². The van der Waals surface area contributed by atoms with Crippen molar-refractivity contribution in [2.75, 3.05) is 19.7 Å². The third kappa shape index (κ3) is 5.81. The predicted octanol–water partition coefficient (Wildman–Crippen LogP) is 5.29. The van der Waals surface area contributed by atoms with Gasteiger partial charge >= 0.3 is 0 Å². The van der Waals surface area contributed by atoms with E-state index >= 15 is 0 Å². The molecule has 8 heteroatoms. The lowest BCUT2D eigenvalue weighted by Crippen LogP contribution is -2.30. The van der Waals surface area contributed by atoms with Crippen molar-refractivity contribution in [1.82, 2.24) is 19.7 Å². The first kappa shape index (κ1) is 23.4. The highest BCUT2D eigenvalue weighted by Gasteiger charge is 2.19. The zero-order chi connectivity index (χ0) is 23.2. The van der Waals surface area contributed by atoms with E-state index in [1.807, 2.05) is 23.6 Å². The van der Waals surface area contributed by atoms with Crippen LogP contribution in [0.1, 0.15) is 54.9 Å². The van der Waals surface area contributed by atoms with Crippen LogP contribution in [0.3, 0.4) is 0 Å². The molecule has 1 fully saturated rings.